The van der Waals surface area contributed by atoms with E-state index in [2.05, 4.69) is 10.9 Å². The van der Waals surface area contributed by atoms with Gasteiger partial charge in [0.2, 0.25) is 5.91 Å². The number of carboxylic acid groups (broad SMARTS) is 1. The van der Waals surface area contributed by atoms with E-state index in [0.29, 0.717) is 18.6 Å². The van der Waals surface area contributed by atoms with E-state index in [1.54, 1.807) is 24.3 Å². The molecule has 3 N–H and O–H groups in total. The summed E-state index contributed by atoms with van der Waals surface area (Å²) in [7, 11) is 1.45. The van der Waals surface area contributed by atoms with Gasteiger partial charge in [0.15, 0.2) is 0 Å². The van der Waals surface area contributed by atoms with E-state index >= 15 is 0 Å². The van der Waals surface area contributed by atoms with Crippen molar-refractivity contribution in [1.29, 1.82) is 0 Å². The van der Waals surface area contributed by atoms with E-state index in [1.807, 2.05) is 0 Å². The zero-order valence-corrected chi connectivity index (χ0v) is 12.9. The zero-order chi connectivity index (χ0) is 16.8. The molecule has 1 aliphatic rings. The van der Waals surface area contributed by atoms with Gasteiger partial charge in [-0.1, -0.05) is 25.0 Å². The van der Waals surface area contributed by atoms with Gasteiger partial charge < -0.3 is 9.84 Å². The third-order valence-electron chi connectivity index (χ3n) is 4.07. The Morgan fingerprint density at radius 2 is 1.74 bits per heavy atom. The Hall–Kier alpha value is -2.57. The number of hydrogen-bond acceptors (Lipinski definition) is 4. The summed E-state index contributed by atoms with van der Waals surface area (Å²) in [5.74, 6) is -2.90. The molecule has 7 heteroatoms. The first-order chi connectivity index (χ1) is 11.0. The van der Waals surface area contributed by atoms with Gasteiger partial charge in [0, 0.05) is 0 Å². The van der Waals surface area contributed by atoms with Gasteiger partial charge in [0.1, 0.15) is 5.75 Å². The fourth-order valence-corrected chi connectivity index (χ4v) is 2.85. The van der Waals surface area contributed by atoms with Crippen LogP contribution in [-0.2, 0) is 9.59 Å². The van der Waals surface area contributed by atoms with E-state index in [0.717, 1.165) is 12.8 Å². The van der Waals surface area contributed by atoms with Crippen molar-refractivity contribution in [2.45, 2.75) is 25.7 Å². The molecule has 23 heavy (non-hydrogen) atoms. The summed E-state index contributed by atoms with van der Waals surface area (Å²) in [6.07, 6.45) is 2.60. The Balaban J connectivity index is 1.98. The summed E-state index contributed by atoms with van der Waals surface area (Å²) in [4.78, 5) is 35.5. The van der Waals surface area contributed by atoms with Crippen LogP contribution in [0.1, 0.15) is 36.0 Å². The highest BCUT2D eigenvalue weighted by Crippen LogP contribution is 2.30. The van der Waals surface area contributed by atoms with Crippen LogP contribution >= 0.6 is 0 Å². The molecule has 2 atom stereocenters. The van der Waals surface area contributed by atoms with E-state index in [9.17, 15) is 19.5 Å². The van der Waals surface area contributed by atoms with Crippen molar-refractivity contribution >= 4 is 17.8 Å². The first kappa shape index (κ1) is 16.8. The molecule has 0 saturated heterocycles. The van der Waals surface area contributed by atoms with E-state index < -0.39 is 29.6 Å². The highest BCUT2D eigenvalue weighted by molar-refractivity contribution is 5.98. The predicted octanol–water partition coefficient (Wildman–Crippen LogP) is 1.35. The van der Waals surface area contributed by atoms with Crippen molar-refractivity contribution in [2.24, 2.45) is 11.8 Å². The molecule has 7 nitrogen and oxygen atoms in total. The van der Waals surface area contributed by atoms with Crippen molar-refractivity contribution in [3.05, 3.63) is 29.8 Å². The second kappa shape index (κ2) is 7.62. The van der Waals surface area contributed by atoms with Gasteiger partial charge in [-0.2, -0.15) is 0 Å². The number of carboxylic acids is 1. The lowest BCUT2D eigenvalue weighted by atomic mass is 9.79. The number of hydrogen-bond donors (Lipinski definition) is 3. The minimum atomic E-state index is -0.971. The average molecular weight is 320 g/mol. The van der Waals surface area contributed by atoms with Crippen molar-refractivity contribution in [1.82, 2.24) is 10.9 Å². The van der Waals surface area contributed by atoms with Crippen LogP contribution in [0.2, 0.25) is 0 Å². The number of benzene rings is 1. The van der Waals surface area contributed by atoms with Crippen LogP contribution < -0.4 is 15.6 Å². The lowest BCUT2D eigenvalue weighted by Crippen LogP contribution is -2.47. The van der Waals surface area contributed by atoms with E-state index in [4.69, 9.17) is 4.74 Å². The lowest BCUT2D eigenvalue weighted by Gasteiger charge is -2.27. The van der Waals surface area contributed by atoms with Crippen LogP contribution in [0.15, 0.2) is 24.3 Å². The third-order valence-corrected chi connectivity index (χ3v) is 4.07. The van der Waals surface area contributed by atoms with Gasteiger partial charge in [-0.3, -0.25) is 25.2 Å². The molecule has 1 aromatic carbocycles. The van der Waals surface area contributed by atoms with Crippen LogP contribution in [0.25, 0.3) is 0 Å². The number of amides is 2. The number of para-hydroxylation sites is 1. The normalized spacial score (nSPS) is 20.4. The van der Waals surface area contributed by atoms with Gasteiger partial charge >= 0.3 is 5.97 Å². The number of aliphatic carboxylic acids is 1. The standard InChI is InChI=1S/C16H20N2O5/c1-23-13-9-5-4-8-12(13)15(20)18-17-14(19)10-6-2-3-7-11(10)16(21)22/h4-5,8-11H,2-3,6-7H2,1H3,(H,17,19)(H,18,20)(H,21,22)/t10-,11-/m1/s1. The van der Waals surface area contributed by atoms with Crippen molar-refractivity contribution in [3.8, 4) is 5.75 Å². The molecule has 124 valence electrons. The largest absolute Gasteiger partial charge is 0.496 e. The van der Waals surface area contributed by atoms with E-state index in [1.165, 1.54) is 7.11 Å². The molecule has 0 spiro atoms. The summed E-state index contributed by atoms with van der Waals surface area (Å²) in [5.41, 5.74) is 4.93. The number of nitrogens with one attached hydrogen (secondary N) is 2. The van der Waals surface area contributed by atoms with Gasteiger partial charge in [-0.25, -0.2) is 0 Å². The lowest BCUT2D eigenvalue weighted by molar-refractivity contribution is -0.149. The number of carbonyl (C=O) groups excluding carboxylic acids is 2. The highest BCUT2D eigenvalue weighted by Gasteiger charge is 2.35. The van der Waals surface area contributed by atoms with E-state index in [-0.39, 0.29) is 5.56 Å². The van der Waals surface area contributed by atoms with Gasteiger partial charge in [0.25, 0.3) is 5.91 Å². The Bertz CT molecular complexity index is 602. The molecule has 1 aromatic rings. The van der Waals surface area contributed by atoms with Crippen molar-refractivity contribution in [2.75, 3.05) is 7.11 Å². The molecule has 0 heterocycles. The van der Waals surface area contributed by atoms with Crippen molar-refractivity contribution in [3.63, 3.8) is 0 Å². The molecular weight excluding hydrogens is 300 g/mol. The summed E-state index contributed by atoms with van der Waals surface area (Å²) in [6.45, 7) is 0. The van der Waals surface area contributed by atoms with Gasteiger partial charge in [0.05, 0.1) is 24.5 Å². The summed E-state index contributed by atoms with van der Waals surface area (Å²) in [6, 6.07) is 6.62. The summed E-state index contributed by atoms with van der Waals surface area (Å²) in [5, 5.41) is 9.20. The topological polar surface area (TPSA) is 105 Å². The molecule has 2 amide bonds. The Morgan fingerprint density at radius 3 is 2.39 bits per heavy atom. The summed E-state index contributed by atoms with van der Waals surface area (Å²) < 4.78 is 5.09. The maximum atomic E-state index is 12.2. The number of rotatable bonds is 4. The van der Waals surface area contributed by atoms with Crippen LogP contribution in [0.3, 0.4) is 0 Å². The molecule has 0 unspecified atom stereocenters. The number of methoxy groups -OCH3 is 1. The minimum absolute atomic E-state index is 0.286. The Kier molecular flexibility index (Phi) is 5.56. The molecule has 0 aromatic heterocycles. The Morgan fingerprint density at radius 1 is 1.09 bits per heavy atom. The molecule has 1 aliphatic carbocycles. The minimum Gasteiger partial charge on any atom is -0.496 e. The third kappa shape index (κ3) is 4.00. The second-order valence-electron chi connectivity index (χ2n) is 5.48. The smallest absolute Gasteiger partial charge is 0.307 e. The molecule has 1 saturated carbocycles. The molecule has 0 aliphatic heterocycles. The van der Waals surface area contributed by atoms with Gasteiger partial charge in [-0.15, -0.1) is 0 Å². The van der Waals surface area contributed by atoms with Crippen LogP contribution in [0.5, 0.6) is 5.75 Å². The number of carbonyl (C=O) groups is 3. The fraction of sp³-hybridized carbons (Fsp3) is 0.438. The first-order valence-electron chi connectivity index (χ1n) is 7.50. The Labute approximate surface area is 134 Å². The number of hydrazine groups is 1. The quantitative estimate of drug-likeness (QED) is 0.726. The highest BCUT2D eigenvalue weighted by atomic mass is 16.5. The molecule has 0 bridgehead atoms. The van der Waals surface area contributed by atoms with Crippen LogP contribution in [0.4, 0.5) is 0 Å². The van der Waals surface area contributed by atoms with Gasteiger partial charge in [-0.05, 0) is 25.0 Å². The van der Waals surface area contributed by atoms with Crippen molar-refractivity contribution < 1.29 is 24.2 Å². The SMILES string of the molecule is COc1ccccc1C(=O)NNC(=O)[C@@H]1CCCC[C@H]1C(=O)O. The van der Waals surface area contributed by atoms with Crippen LogP contribution in [-0.4, -0.2) is 30.0 Å². The molecule has 2 rings (SSSR count). The predicted molar refractivity (Wildman–Crippen MR) is 81.7 cm³/mol. The first-order valence-corrected chi connectivity index (χ1v) is 7.50. The molecular formula is C16H20N2O5. The zero-order valence-electron chi connectivity index (χ0n) is 12.9. The molecule has 0 radical (unpaired) electrons. The summed E-state index contributed by atoms with van der Waals surface area (Å²) >= 11 is 0. The maximum absolute atomic E-state index is 12.2. The molecule has 1 fully saturated rings. The maximum Gasteiger partial charge on any atom is 0.307 e. The average Bonchev–Trinajstić information content (AvgIpc) is 2.59. The van der Waals surface area contributed by atoms with Crippen LogP contribution in [0, 0.1) is 11.8 Å². The second-order valence-corrected chi connectivity index (χ2v) is 5.48. The number of ether oxygens (including phenoxy) is 1. The fourth-order valence-electron chi connectivity index (χ4n) is 2.85. The monoisotopic (exact) mass is 320 g/mol.